The Morgan fingerprint density at radius 2 is 1.83 bits per heavy atom. The SMILES string of the molecule is CC(c1cccc(F)c1)N(CC(=O)O)CC(=O)O. The molecule has 0 aromatic heterocycles. The Kier molecular flexibility index (Phi) is 4.79. The highest BCUT2D eigenvalue weighted by atomic mass is 19.1. The molecule has 0 saturated carbocycles. The Morgan fingerprint density at radius 3 is 2.28 bits per heavy atom. The molecule has 0 amide bonds. The van der Waals surface area contributed by atoms with E-state index in [1.54, 1.807) is 13.0 Å². The van der Waals surface area contributed by atoms with E-state index in [9.17, 15) is 14.0 Å². The molecule has 1 aromatic carbocycles. The molecule has 0 saturated heterocycles. The lowest BCUT2D eigenvalue weighted by molar-refractivity contribution is -0.142. The molecule has 6 heteroatoms. The van der Waals surface area contributed by atoms with Crippen molar-refractivity contribution in [2.24, 2.45) is 0 Å². The average Bonchev–Trinajstić information content (AvgIpc) is 2.26. The highest BCUT2D eigenvalue weighted by Crippen LogP contribution is 2.20. The maximum absolute atomic E-state index is 13.1. The first-order chi connectivity index (χ1) is 8.40. The molecule has 2 N–H and O–H groups in total. The van der Waals surface area contributed by atoms with E-state index in [1.165, 1.54) is 23.1 Å². The van der Waals surface area contributed by atoms with Gasteiger partial charge in [-0.1, -0.05) is 12.1 Å². The van der Waals surface area contributed by atoms with Crippen LogP contribution in [0.4, 0.5) is 4.39 Å². The Hall–Kier alpha value is -1.95. The van der Waals surface area contributed by atoms with Crippen molar-refractivity contribution in [2.75, 3.05) is 13.1 Å². The zero-order valence-corrected chi connectivity index (χ0v) is 9.84. The minimum absolute atomic E-state index is 0.413. The van der Waals surface area contributed by atoms with Crippen molar-refractivity contribution in [3.63, 3.8) is 0 Å². The maximum atomic E-state index is 13.1. The number of hydrogen-bond acceptors (Lipinski definition) is 3. The molecule has 0 aliphatic rings. The Balaban J connectivity index is 2.90. The van der Waals surface area contributed by atoms with Gasteiger partial charge >= 0.3 is 11.9 Å². The molecular formula is C12H14FNO4. The second-order valence-electron chi connectivity index (χ2n) is 3.92. The fraction of sp³-hybridized carbons (Fsp3) is 0.333. The van der Waals surface area contributed by atoms with Crippen LogP contribution in [-0.4, -0.2) is 40.1 Å². The Morgan fingerprint density at radius 1 is 1.28 bits per heavy atom. The molecule has 1 atom stereocenters. The van der Waals surface area contributed by atoms with Crippen molar-refractivity contribution in [1.29, 1.82) is 0 Å². The van der Waals surface area contributed by atoms with Crippen LogP contribution in [0.15, 0.2) is 24.3 Å². The van der Waals surface area contributed by atoms with Gasteiger partial charge in [-0.2, -0.15) is 0 Å². The molecule has 0 spiro atoms. The third-order valence-corrected chi connectivity index (χ3v) is 2.56. The van der Waals surface area contributed by atoms with Gasteiger partial charge in [-0.3, -0.25) is 14.5 Å². The number of benzene rings is 1. The predicted molar refractivity (Wildman–Crippen MR) is 61.7 cm³/mol. The van der Waals surface area contributed by atoms with Crippen molar-refractivity contribution in [1.82, 2.24) is 4.90 Å². The van der Waals surface area contributed by atoms with Crippen molar-refractivity contribution in [2.45, 2.75) is 13.0 Å². The van der Waals surface area contributed by atoms with Crippen molar-refractivity contribution >= 4 is 11.9 Å². The summed E-state index contributed by atoms with van der Waals surface area (Å²) in [5.41, 5.74) is 0.539. The van der Waals surface area contributed by atoms with Gasteiger partial charge in [0.1, 0.15) is 5.82 Å². The molecule has 0 fully saturated rings. The minimum atomic E-state index is -1.13. The summed E-state index contributed by atoms with van der Waals surface area (Å²) in [5.74, 6) is -2.69. The summed E-state index contributed by atoms with van der Waals surface area (Å²) in [5, 5.41) is 17.5. The highest BCUT2D eigenvalue weighted by molar-refractivity contribution is 5.72. The van der Waals surface area contributed by atoms with E-state index in [1.807, 2.05) is 0 Å². The molecule has 0 bridgehead atoms. The van der Waals surface area contributed by atoms with Gasteiger partial charge in [-0.15, -0.1) is 0 Å². The van der Waals surface area contributed by atoms with Crippen LogP contribution >= 0.6 is 0 Å². The second-order valence-corrected chi connectivity index (χ2v) is 3.92. The van der Waals surface area contributed by atoms with Crippen LogP contribution in [0, 0.1) is 5.82 Å². The molecule has 1 aromatic rings. The zero-order valence-electron chi connectivity index (χ0n) is 9.84. The minimum Gasteiger partial charge on any atom is -0.480 e. The van der Waals surface area contributed by atoms with Crippen LogP contribution in [0.1, 0.15) is 18.5 Å². The van der Waals surface area contributed by atoms with Gasteiger partial charge < -0.3 is 10.2 Å². The van der Waals surface area contributed by atoms with E-state index in [-0.39, 0.29) is 0 Å². The summed E-state index contributed by atoms with van der Waals surface area (Å²) in [6, 6.07) is 5.18. The summed E-state index contributed by atoms with van der Waals surface area (Å²) in [6.07, 6.45) is 0. The monoisotopic (exact) mass is 255 g/mol. The number of nitrogens with zero attached hydrogens (tertiary/aromatic N) is 1. The zero-order chi connectivity index (χ0) is 13.7. The normalized spacial score (nSPS) is 12.4. The number of hydrogen-bond donors (Lipinski definition) is 2. The molecule has 5 nitrogen and oxygen atoms in total. The lowest BCUT2D eigenvalue weighted by Crippen LogP contribution is -2.36. The van der Waals surface area contributed by atoms with E-state index in [0.717, 1.165) is 0 Å². The van der Waals surface area contributed by atoms with Gasteiger partial charge in [0, 0.05) is 6.04 Å². The second kappa shape index (κ2) is 6.11. The van der Waals surface area contributed by atoms with E-state index < -0.39 is 36.9 Å². The Bertz CT molecular complexity index is 433. The number of carboxylic acids is 2. The van der Waals surface area contributed by atoms with Gasteiger partial charge in [-0.05, 0) is 24.6 Å². The van der Waals surface area contributed by atoms with Crippen LogP contribution in [0.3, 0.4) is 0 Å². The fourth-order valence-electron chi connectivity index (χ4n) is 1.65. The summed E-state index contributed by atoms with van der Waals surface area (Å²) >= 11 is 0. The van der Waals surface area contributed by atoms with Gasteiger partial charge in [0.05, 0.1) is 13.1 Å². The summed E-state index contributed by atoms with van der Waals surface area (Å²) in [6.45, 7) is 0.814. The molecular weight excluding hydrogens is 241 g/mol. The van der Waals surface area contributed by atoms with Gasteiger partial charge in [0.15, 0.2) is 0 Å². The first-order valence-corrected chi connectivity index (χ1v) is 5.33. The Labute approximate surface area is 103 Å². The summed E-state index contributed by atoms with van der Waals surface area (Å²) < 4.78 is 13.1. The number of aliphatic carboxylic acids is 2. The third-order valence-electron chi connectivity index (χ3n) is 2.56. The molecule has 1 rings (SSSR count). The van der Waals surface area contributed by atoms with Crippen molar-refractivity contribution in [3.05, 3.63) is 35.6 Å². The number of rotatable bonds is 6. The average molecular weight is 255 g/mol. The predicted octanol–water partition coefficient (Wildman–Crippen LogP) is 1.36. The van der Waals surface area contributed by atoms with E-state index in [4.69, 9.17) is 10.2 Å². The largest absolute Gasteiger partial charge is 0.480 e. The van der Waals surface area contributed by atoms with E-state index in [2.05, 4.69) is 0 Å². The molecule has 98 valence electrons. The molecule has 0 aliphatic carbocycles. The van der Waals surface area contributed by atoms with Crippen LogP contribution in [0.5, 0.6) is 0 Å². The first kappa shape index (κ1) is 14.1. The molecule has 0 radical (unpaired) electrons. The lowest BCUT2D eigenvalue weighted by Gasteiger charge is -2.26. The van der Waals surface area contributed by atoms with Crippen LogP contribution < -0.4 is 0 Å². The molecule has 0 heterocycles. The quantitative estimate of drug-likeness (QED) is 0.802. The first-order valence-electron chi connectivity index (χ1n) is 5.33. The maximum Gasteiger partial charge on any atom is 0.317 e. The fourth-order valence-corrected chi connectivity index (χ4v) is 1.65. The third kappa shape index (κ3) is 4.14. The highest BCUT2D eigenvalue weighted by Gasteiger charge is 2.21. The number of carboxylic acid groups (broad SMARTS) is 2. The standard InChI is InChI=1S/C12H14FNO4/c1-8(9-3-2-4-10(13)5-9)14(6-11(15)16)7-12(17)18/h2-5,8H,6-7H2,1H3,(H,15,16)(H,17,18). The van der Waals surface area contributed by atoms with Crippen molar-refractivity contribution < 1.29 is 24.2 Å². The van der Waals surface area contributed by atoms with Gasteiger partial charge in [0.25, 0.3) is 0 Å². The molecule has 18 heavy (non-hydrogen) atoms. The van der Waals surface area contributed by atoms with Gasteiger partial charge in [0.2, 0.25) is 0 Å². The van der Waals surface area contributed by atoms with Crippen LogP contribution in [-0.2, 0) is 9.59 Å². The van der Waals surface area contributed by atoms with Crippen LogP contribution in [0.2, 0.25) is 0 Å². The number of carbonyl (C=O) groups is 2. The van der Waals surface area contributed by atoms with Crippen LogP contribution in [0.25, 0.3) is 0 Å². The number of halogens is 1. The molecule has 1 unspecified atom stereocenters. The lowest BCUT2D eigenvalue weighted by atomic mass is 10.1. The molecule has 0 aliphatic heterocycles. The summed E-state index contributed by atoms with van der Waals surface area (Å²) in [7, 11) is 0. The topological polar surface area (TPSA) is 77.8 Å². The van der Waals surface area contributed by atoms with Crippen molar-refractivity contribution in [3.8, 4) is 0 Å². The van der Waals surface area contributed by atoms with Gasteiger partial charge in [-0.25, -0.2) is 4.39 Å². The van der Waals surface area contributed by atoms with E-state index >= 15 is 0 Å². The smallest absolute Gasteiger partial charge is 0.317 e. The van der Waals surface area contributed by atoms with E-state index in [0.29, 0.717) is 5.56 Å². The summed E-state index contributed by atoms with van der Waals surface area (Å²) in [4.78, 5) is 22.6.